The zero-order chi connectivity index (χ0) is 21.6. The largest absolute Gasteiger partial charge is 0.507 e. The fourth-order valence-corrected chi connectivity index (χ4v) is 2.99. The first kappa shape index (κ1) is 20.0. The van der Waals surface area contributed by atoms with Crippen LogP contribution in [-0.4, -0.2) is 32.8 Å². The molecule has 7 nitrogen and oxygen atoms in total. The number of hydrogen-bond acceptors (Lipinski definition) is 6. The Labute approximate surface area is 179 Å². The van der Waals surface area contributed by atoms with Gasteiger partial charge < -0.3 is 9.84 Å². The molecule has 0 aliphatic carbocycles. The number of nitrogens with zero attached hydrogens (tertiary/aromatic N) is 3. The van der Waals surface area contributed by atoms with E-state index >= 15 is 0 Å². The molecular formula is C24H20N4O3. The molecule has 0 atom stereocenters. The quantitative estimate of drug-likeness (QED) is 0.471. The van der Waals surface area contributed by atoms with Gasteiger partial charge >= 0.3 is 6.09 Å². The molecule has 0 aliphatic heterocycles. The van der Waals surface area contributed by atoms with Gasteiger partial charge in [0.2, 0.25) is 0 Å². The van der Waals surface area contributed by atoms with Gasteiger partial charge in [0.1, 0.15) is 5.75 Å². The molecule has 1 aromatic heterocycles. The number of anilines is 1. The van der Waals surface area contributed by atoms with Crippen LogP contribution in [0.15, 0.2) is 78.9 Å². The summed E-state index contributed by atoms with van der Waals surface area (Å²) in [6.45, 7) is 2.04. The Hall–Kier alpha value is -4.26. The normalized spacial score (nSPS) is 10.5. The van der Waals surface area contributed by atoms with Gasteiger partial charge in [0.25, 0.3) is 0 Å². The number of amides is 1. The zero-order valence-corrected chi connectivity index (χ0v) is 16.8. The maximum absolute atomic E-state index is 11.6. The first-order chi connectivity index (χ1) is 15.1. The molecule has 3 aromatic carbocycles. The highest BCUT2D eigenvalue weighted by atomic mass is 16.5. The summed E-state index contributed by atoms with van der Waals surface area (Å²) in [4.78, 5) is 25.4. The maximum Gasteiger partial charge on any atom is 0.411 e. The van der Waals surface area contributed by atoms with Gasteiger partial charge in [0.05, 0.1) is 12.2 Å². The van der Waals surface area contributed by atoms with E-state index in [2.05, 4.69) is 20.3 Å². The average Bonchev–Trinajstić information content (AvgIpc) is 2.80. The predicted octanol–water partition coefficient (Wildman–Crippen LogP) is 5.15. The Bertz CT molecular complexity index is 1200. The topological polar surface area (TPSA) is 97.2 Å². The number of phenolic OH excluding ortho intramolecular Hbond substituents is 1. The molecule has 0 radical (unpaired) electrons. The van der Waals surface area contributed by atoms with Gasteiger partial charge in [-0.1, -0.05) is 42.5 Å². The maximum atomic E-state index is 11.6. The third kappa shape index (κ3) is 4.67. The highest BCUT2D eigenvalue weighted by molar-refractivity contribution is 5.85. The highest BCUT2D eigenvalue weighted by Crippen LogP contribution is 2.29. The fraction of sp³-hybridized carbons (Fsp3) is 0.0833. The monoisotopic (exact) mass is 412 g/mol. The van der Waals surface area contributed by atoms with Crippen molar-refractivity contribution in [2.75, 3.05) is 11.9 Å². The number of rotatable bonds is 5. The summed E-state index contributed by atoms with van der Waals surface area (Å²) < 4.78 is 4.89. The molecule has 0 bridgehead atoms. The van der Waals surface area contributed by atoms with Gasteiger partial charge in [-0.3, -0.25) is 5.32 Å². The minimum Gasteiger partial charge on any atom is -0.507 e. The molecule has 0 spiro atoms. The second kappa shape index (κ2) is 9.04. The van der Waals surface area contributed by atoms with Crippen LogP contribution < -0.4 is 5.32 Å². The van der Waals surface area contributed by atoms with Crippen LogP contribution in [0, 0.1) is 0 Å². The molecule has 2 N–H and O–H groups in total. The molecule has 0 aliphatic rings. The van der Waals surface area contributed by atoms with Crippen molar-refractivity contribution in [2.24, 2.45) is 0 Å². The number of aromatic hydroxyl groups is 1. The molecule has 1 heterocycles. The third-order valence-electron chi connectivity index (χ3n) is 4.48. The molecule has 4 aromatic rings. The smallest absolute Gasteiger partial charge is 0.411 e. The van der Waals surface area contributed by atoms with Crippen molar-refractivity contribution < 1.29 is 14.6 Å². The van der Waals surface area contributed by atoms with E-state index in [1.54, 1.807) is 49.4 Å². The summed E-state index contributed by atoms with van der Waals surface area (Å²) in [5.41, 5.74) is 2.69. The minimum atomic E-state index is -0.511. The second-order valence-electron chi connectivity index (χ2n) is 6.61. The Morgan fingerprint density at radius 3 is 2.03 bits per heavy atom. The lowest BCUT2D eigenvalue weighted by Gasteiger charge is -2.10. The molecule has 4 rings (SSSR count). The van der Waals surface area contributed by atoms with Crippen LogP contribution in [0.3, 0.4) is 0 Å². The Morgan fingerprint density at radius 2 is 1.39 bits per heavy atom. The molecule has 1 amide bonds. The van der Waals surface area contributed by atoms with E-state index in [1.165, 1.54) is 0 Å². The van der Waals surface area contributed by atoms with Crippen LogP contribution in [0.2, 0.25) is 0 Å². The van der Waals surface area contributed by atoms with Crippen molar-refractivity contribution in [3.05, 3.63) is 78.9 Å². The van der Waals surface area contributed by atoms with Gasteiger partial charge in [0.15, 0.2) is 17.5 Å². The average molecular weight is 412 g/mol. The van der Waals surface area contributed by atoms with Gasteiger partial charge in [0, 0.05) is 16.8 Å². The number of aromatic nitrogens is 3. The standard InChI is InChI=1S/C24H20N4O3/c1-2-31-24(30)25-18-14-12-17(13-15-18)22-26-21(16-8-4-3-5-9-16)27-23(28-22)19-10-6-7-11-20(19)29/h3-15,29H,2H2,1H3,(H,25,30). The SMILES string of the molecule is CCOC(=O)Nc1ccc(-c2nc(-c3ccccc3)nc(-c3ccccc3O)n2)cc1. The molecule has 31 heavy (non-hydrogen) atoms. The summed E-state index contributed by atoms with van der Waals surface area (Å²) in [7, 11) is 0. The van der Waals surface area contributed by atoms with Crippen LogP contribution in [-0.2, 0) is 4.74 Å². The van der Waals surface area contributed by atoms with Crippen LogP contribution in [0.25, 0.3) is 34.2 Å². The Balaban J connectivity index is 1.76. The first-order valence-corrected chi connectivity index (χ1v) is 9.78. The van der Waals surface area contributed by atoms with Crippen molar-refractivity contribution >= 4 is 11.8 Å². The lowest BCUT2D eigenvalue weighted by molar-refractivity contribution is 0.168. The summed E-state index contributed by atoms with van der Waals surface area (Å²) in [5, 5.41) is 13.0. The molecule has 7 heteroatoms. The van der Waals surface area contributed by atoms with Crippen LogP contribution in [0.5, 0.6) is 5.75 Å². The third-order valence-corrected chi connectivity index (χ3v) is 4.48. The lowest BCUT2D eigenvalue weighted by atomic mass is 10.1. The number of para-hydroxylation sites is 1. The van der Waals surface area contributed by atoms with Crippen molar-refractivity contribution in [2.45, 2.75) is 6.92 Å². The zero-order valence-electron chi connectivity index (χ0n) is 16.8. The van der Waals surface area contributed by atoms with Crippen LogP contribution in [0.4, 0.5) is 10.5 Å². The first-order valence-electron chi connectivity index (χ1n) is 9.78. The van der Waals surface area contributed by atoms with Crippen molar-refractivity contribution in [3.63, 3.8) is 0 Å². The Morgan fingerprint density at radius 1 is 0.806 bits per heavy atom. The molecular weight excluding hydrogens is 392 g/mol. The molecule has 0 fully saturated rings. The van der Waals surface area contributed by atoms with E-state index in [9.17, 15) is 9.90 Å². The summed E-state index contributed by atoms with van der Waals surface area (Å²) in [5.74, 6) is 1.41. The van der Waals surface area contributed by atoms with Crippen LogP contribution >= 0.6 is 0 Å². The van der Waals surface area contributed by atoms with Crippen molar-refractivity contribution in [3.8, 4) is 39.9 Å². The molecule has 0 saturated carbocycles. The van der Waals surface area contributed by atoms with E-state index < -0.39 is 6.09 Å². The van der Waals surface area contributed by atoms with E-state index in [-0.39, 0.29) is 5.75 Å². The van der Waals surface area contributed by atoms with Crippen molar-refractivity contribution in [1.29, 1.82) is 0 Å². The summed E-state index contributed by atoms with van der Waals surface area (Å²) in [6, 6.07) is 23.6. The number of ether oxygens (including phenoxy) is 1. The van der Waals surface area contributed by atoms with E-state index in [0.717, 1.165) is 11.1 Å². The minimum absolute atomic E-state index is 0.0904. The molecule has 0 saturated heterocycles. The number of carbonyl (C=O) groups is 1. The molecule has 0 unspecified atom stereocenters. The van der Waals surface area contributed by atoms with Gasteiger partial charge in [-0.25, -0.2) is 19.7 Å². The van der Waals surface area contributed by atoms with E-state index in [0.29, 0.717) is 35.3 Å². The second-order valence-corrected chi connectivity index (χ2v) is 6.61. The predicted molar refractivity (Wildman–Crippen MR) is 118 cm³/mol. The molecule has 154 valence electrons. The Kier molecular flexibility index (Phi) is 5.84. The van der Waals surface area contributed by atoms with Gasteiger partial charge in [-0.05, 0) is 43.3 Å². The van der Waals surface area contributed by atoms with Crippen molar-refractivity contribution in [1.82, 2.24) is 15.0 Å². The number of hydrogen-bond donors (Lipinski definition) is 2. The fourth-order valence-electron chi connectivity index (χ4n) is 2.99. The summed E-state index contributed by atoms with van der Waals surface area (Å²) in [6.07, 6.45) is -0.511. The summed E-state index contributed by atoms with van der Waals surface area (Å²) >= 11 is 0. The van der Waals surface area contributed by atoms with Crippen LogP contribution in [0.1, 0.15) is 6.92 Å². The number of benzene rings is 3. The van der Waals surface area contributed by atoms with Gasteiger partial charge in [-0.2, -0.15) is 0 Å². The lowest BCUT2D eigenvalue weighted by Crippen LogP contribution is -2.13. The number of carbonyl (C=O) groups excluding carboxylic acids is 1. The van der Waals surface area contributed by atoms with E-state index in [1.807, 2.05) is 36.4 Å². The van der Waals surface area contributed by atoms with Gasteiger partial charge in [-0.15, -0.1) is 0 Å². The van der Waals surface area contributed by atoms with E-state index in [4.69, 9.17) is 4.74 Å². The number of phenols is 1. The highest BCUT2D eigenvalue weighted by Gasteiger charge is 2.14. The number of nitrogens with one attached hydrogen (secondary N) is 1.